The summed E-state index contributed by atoms with van der Waals surface area (Å²) >= 11 is 0. The molecule has 2 nitrogen and oxygen atoms in total. The average Bonchev–Trinajstić information content (AvgIpc) is 1.91. The predicted molar refractivity (Wildman–Crippen MR) is 42.2 cm³/mol. The molecular formula is C8H14F3NO. The van der Waals surface area contributed by atoms with Crippen LogP contribution in [0.1, 0.15) is 19.3 Å². The molecule has 0 heterocycles. The first-order valence-corrected chi connectivity index (χ1v) is 4.42. The molecule has 0 aromatic heterocycles. The van der Waals surface area contributed by atoms with Crippen LogP contribution in [0.3, 0.4) is 0 Å². The van der Waals surface area contributed by atoms with Gasteiger partial charge in [0.1, 0.15) is 0 Å². The first-order valence-electron chi connectivity index (χ1n) is 4.42. The van der Waals surface area contributed by atoms with Crippen LogP contribution in [0.4, 0.5) is 13.2 Å². The molecule has 0 aromatic rings. The molecule has 1 rings (SSSR count). The second-order valence-electron chi connectivity index (χ2n) is 3.36. The van der Waals surface area contributed by atoms with Gasteiger partial charge < -0.3 is 10.5 Å². The van der Waals surface area contributed by atoms with Gasteiger partial charge in [0.05, 0.1) is 18.6 Å². The van der Waals surface area contributed by atoms with E-state index in [4.69, 9.17) is 10.5 Å². The Bertz CT molecular complexity index is 156. The molecule has 0 bridgehead atoms. The second-order valence-corrected chi connectivity index (χ2v) is 3.36. The average molecular weight is 197 g/mol. The largest absolute Gasteiger partial charge is 0.395 e. The molecular weight excluding hydrogens is 183 g/mol. The molecule has 1 aliphatic rings. The number of nitrogens with two attached hydrogens (primary N) is 1. The van der Waals surface area contributed by atoms with Gasteiger partial charge in [-0.3, -0.25) is 0 Å². The summed E-state index contributed by atoms with van der Waals surface area (Å²) in [6.07, 6.45) is -1.36. The van der Waals surface area contributed by atoms with Gasteiger partial charge in [0.25, 0.3) is 0 Å². The van der Waals surface area contributed by atoms with E-state index in [0.29, 0.717) is 0 Å². The zero-order valence-corrected chi connectivity index (χ0v) is 7.31. The molecule has 0 spiro atoms. The molecule has 0 saturated heterocycles. The fourth-order valence-corrected chi connectivity index (χ4v) is 1.09. The third-order valence-electron chi connectivity index (χ3n) is 2.33. The molecule has 0 aromatic carbocycles. The van der Waals surface area contributed by atoms with Crippen molar-refractivity contribution >= 4 is 0 Å². The molecule has 1 fully saturated rings. The molecule has 1 saturated carbocycles. The summed E-state index contributed by atoms with van der Waals surface area (Å²) in [5.74, 6) is -1.51. The molecule has 78 valence electrons. The fourth-order valence-electron chi connectivity index (χ4n) is 1.09. The van der Waals surface area contributed by atoms with Gasteiger partial charge >= 0.3 is 6.18 Å². The minimum Gasteiger partial charge on any atom is -0.378 e. The number of alkyl halides is 3. The lowest BCUT2D eigenvalue weighted by atomic mass is 9.96. The first-order chi connectivity index (χ1) is 6.04. The maximum atomic E-state index is 12.1. The number of ether oxygens (including phenoxy) is 1. The van der Waals surface area contributed by atoms with Crippen LogP contribution in [0.5, 0.6) is 0 Å². The van der Waals surface area contributed by atoms with Crippen LogP contribution in [0.15, 0.2) is 0 Å². The topological polar surface area (TPSA) is 35.2 Å². The van der Waals surface area contributed by atoms with Gasteiger partial charge in [-0.05, 0) is 19.3 Å². The van der Waals surface area contributed by atoms with E-state index in [1.807, 2.05) is 0 Å². The zero-order valence-electron chi connectivity index (χ0n) is 7.31. The Balaban J connectivity index is 2.22. The first kappa shape index (κ1) is 10.8. The van der Waals surface area contributed by atoms with Crippen LogP contribution in [-0.2, 0) is 4.74 Å². The third-order valence-corrected chi connectivity index (χ3v) is 2.33. The lowest BCUT2D eigenvalue weighted by Crippen LogP contribution is -2.36. The van der Waals surface area contributed by atoms with E-state index >= 15 is 0 Å². The van der Waals surface area contributed by atoms with Crippen molar-refractivity contribution < 1.29 is 17.9 Å². The van der Waals surface area contributed by atoms with E-state index in [-0.39, 0.29) is 12.7 Å². The van der Waals surface area contributed by atoms with Gasteiger partial charge in [-0.1, -0.05) is 0 Å². The van der Waals surface area contributed by atoms with Crippen molar-refractivity contribution in [3.8, 4) is 0 Å². The highest BCUT2D eigenvalue weighted by Gasteiger charge is 2.39. The van der Waals surface area contributed by atoms with E-state index in [9.17, 15) is 13.2 Å². The molecule has 0 radical (unpaired) electrons. The summed E-state index contributed by atoms with van der Waals surface area (Å²) < 4.78 is 41.5. The van der Waals surface area contributed by atoms with Crippen LogP contribution < -0.4 is 5.73 Å². The summed E-state index contributed by atoms with van der Waals surface area (Å²) in [5.41, 5.74) is 5.00. The van der Waals surface area contributed by atoms with Crippen LogP contribution in [0, 0.1) is 5.92 Å². The van der Waals surface area contributed by atoms with Gasteiger partial charge in [-0.2, -0.15) is 13.2 Å². The molecule has 0 amide bonds. The van der Waals surface area contributed by atoms with E-state index < -0.39 is 18.6 Å². The Kier molecular flexibility index (Phi) is 3.55. The standard InChI is InChI=1S/C8H14F3NO/c9-8(10,11)6(4-12)5-13-7-2-1-3-7/h6-7H,1-5,12H2. The van der Waals surface area contributed by atoms with Crippen molar-refractivity contribution in [3.63, 3.8) is 0 Å². The summed E-state index contributed by atoms with van der Waals surface area (Å²) in [5, 5.41) is 0. The number of rotatable bonds is 4. The van der Waals surface area contributed by atoms with Crippen molar-refractivity contribution in [3.05, 3.63) is 0 Å². The molecule has 0 aliphatic heterocycles. The summed E-state index contributed by atoms with van der Waals surface area (Å²) in [7, 11) is 0. The monoisotopic (exact) mass is 197 g/mol. The number of hydrogen-bond donors (Lipinski definition) is 1. The molecule has 5 heteroatoms. The lowest BCUT2D eigenvalue weighted by molar-refractivity contribution is -0.192. The van der Waals surface area contributed by atoms with Gasteiger partial charge in [-0.15, -0.1) is 0 Å². The van der Waals surface area contributed by atoms with Crippen molar-refractivity contribution in [2.45, 2.75) is 31.5 Å². The maximum absolute atomic E-state index is 12.1. The maximum Gasteiger partial charge on any atom is 0.395 e. The Morgan fingerprint density at radius 3 is 2.31 bits per heavy atom. The number of halogens is 3. The van der Waals surface area contributed by atoms with Gasteiger partial charge in [0.15, 0.2) is 0 Å². The van der Waals surface area contributed by atoms with E-state index in [1.165, 1.54) is 0 Å². The molecule has 2 N–H and O–H groups in total. The quantitative estimate of drug-likeness (QED) is 0.744. The van der Waals surface area contributed by atoms with Crippen molar-refractivity contribution in [1.82, 2.24) is 0 Å². The molecule has 1 aliphatic carbocycles. The summed E-state index contributed by atoms with van der Waals surface area (Å²) in [6.45, 7) is -0.680. The van der Waals surface area contributed by atoms with Crippen molar-refractivity contribution in [2.75, 3.05) is 13.2 Å². The van der Waals surface area contributed by atoms with Crippen molar-refractivity contribution in [1.29, 1.82) is 0 Å². The normalized spacial score (nSPS) is 21.2. The molecule has 13 heavy (non-hydrogen) atoms. The predicted octanol–water partition coefficient (Wildman–Crippen LogP) is 1.69. The third kappa shape index (κ3) is 3.15. The van der Waals surface area contributed by atoms with E-state index in [0.717, 1.165) is 19.3 Å². The summed E-state index contributed by atoms with van der Waals surface area (Å²) in [6, 6.07) is 0. The Labute approximate surface area is 75.2 Å². The fraction of sp³-hybridized carbons (Fsp3) is 1.00. The minimum atomic E-state index is -4.22. The van der Waals surface area contributed by atoms with Crippen LogP contribution in [0.25, 0.3) is 0 Å². The summed E-state index contributed by atoms with van der Waals surface area (Å²) in [4.78, 5) is 0. The lowest BCUT2D eigenvalue weighted by Gasteiger charge is -2.28. The zero-order chi connectivity index (χ0) is 9.90. The Hall–Kier alpha value is -0.290. The van der Waals surface area contributed by atoms with Crippen LogP contribution in [0.2, 0.25) is 0 Å². The van der Waals surface area contributed by atoms with Crippen molar-refractivity contribution in [2.24, 2.45) is 11.7 Å². The Morgan fingerprint density at radius 1 is 1.38 bits per heavy atom. The SMILES string of the molecule is NCC(COC1CCC1)C(F)(F)F. The minimum absolute atomic E-state index is 0.0383. The van der Waals surface area contributed by atoms with Gasteiger partial charge in [-0.25, -0.2) is 0 Å². The van der Waals surface area contributed by atoms with E-state index in [2.05, 4.69) is 0 Å². The van der Waals surface area contributed by atoms with Gasteiger partial charge in [0.2, 0.25) is 0 Å². The molecule has 1 atom stereocenters. The number of hydrogen-bond acceptors (Lipinski definition) is 2. The smallest absolute Gasteiger partial charge is 0.378 e. The molecule has 1 unspecified atom stereocenters. The highest BCUT2D eigenvalue weighted by molar-refractivity contribution is 4.73. The highest BCUT2D eigenvalue weighted by Crippen LogP contribution is 2.28. The van der Waals surface area contributed by atoms with E-state index in [1.54, 1.807) is 0 Å². The van der Waals surface area contributed by atoms with Gasteiger partial charge in [0, 0.05) is 6.54 Å². The van der Waals surface area contributed by atoms with Crippen LogP contribution >= 0.6 is 0 Å². The second kappa shape index (κ2) is 4.28. The Morgan fingerprint density at radius 2 is 2.00 bits per heavy atom. The van der Waals surface area contributed by atoms with Crippen LogP contribution in [-0.4, -0.2) is 25.4 Å². The highest BCUT2D eigenvalue weighted by atomic mass is 19.4.